The zero-order valence-electron chi connectivity index (χ0n) is 24.6. The molecule has 2 aliphatic heterocycles. The van der Waals surface area contributed by atoms with E-state index in [9.17, 15) is 18.3 Å². The average molecular weight is 603 g/mol. The van der Waals surface area contributed by atoms with Crippen LogP contribution in [0.15, 0.2) is 66.7 Å². The number of benzene rings is 3. The zero-order chi connectivity index (χ0) is 29.9. The van der Waals surface area contributed by atoms with Gasteiger partial charge < -0.3 is 14.6 Å². The van der Waals surface area contributed by atoms with Crippen LogP contribution in [0, 0.1) is 5.92 Å². The summed E-state index contributed by atoms with van der Waals surface area (Å²) in [5, 5.41) is 11.2. The number of hydrogen-bond acceptors (Lipinski definition) is 7. The fraction of sp³-hybridized carbons (Fsp3) is 0.441. The van der Waals surface area contributed by atoms with Crippen LogP contribution in [0.5, 0.6) is 17.2 Å². The molecule has 1 N–H and O–H groups in total. The Morgan fingerprint density at radius 2 is 1.79 bits per heavy atom. The number of phenolic OH excluding ortho intramolecular Hbond substituents is 1. The normalized spacial score (nSPS) is 27.4. The molecular formula is C34H38N2O6S. The number of phenols is 1. The summed E-state index contributed by atoms with van der Waals surface area (Å²) in [6.07, 6.45) is 3.47. The van der Waals surface area contributed by atoms with Crippen molar-refractivity contribution in [1.29, 1.82) is 0 Å². The molecule has 0 unspecified atom stereocenters. The van der Waals surface area contributed by atoms with Gasteiger partial charge in [-0.2, -0.15) is 4.31 Å². The second-order valence-corrected chi connectivity index (χ2v) is 14.6. The summed E-state index contributed by atoms with van der Waals surface area (Å²) in [5.41, 5.74) is 3.39. The topological polar surface area (TPSA) is 96.4 Å². The number of rotatable bonds is 8. The molecule has 2 heterocycles. The molecule has 4 aliphatic rings. The third-order valence-corrected chi connectivity index (χ3v) is 12.2. The highest BCUT2D eigenvalue weighted by atomic mass is 32.2. The van der Waals surface area contributed by atoms with Crippen molar-refractivity contribution < 1.29 is 27.8 Å². The fourth-order valence-electron chi connectivity index (χ4n) is 8.56. The van der Waals surface area contributed by atoms with Gasteiger partial charge in [-0.3, -0.25) is 9.69 Å². The van der Waals surface area contributed by atoms with E-state index >= 15 is 0 Å². The number of aromatic hydroxyl groups is 1. The molecule has 3 aromatic carbocycles. The van der Waals surface area contributed by atoms with Crippen molar-refractivity contribution in [3.63, 3.8) is 0 Å². The lowest BCUT2D eigenvalue weighted by molar-refractivity contribution is -0.132. The Morgan fingerprint density at radius 3 is 2.49 bits per heavy atom. The second-order valence-electron chi connectivity index (χ2n) is 12.6. The Bertz CT molecular complexity index is 1650. The summed E-state index contributed by atoms with van der Waals surface area (Å²) in [6.45, 7) is 3.12. The highest BCUT2D eigenvalue weighted by molar-refractivity contribution is 7.88. The van der Waals surface area contributed by atoms with Crippen LogP contribution >= 0.6 is 0 Å². The maximum atomic E-state index is 13.8. The van der Waals surface area contributed by atoms with E-state index in [1.54, 1.807) is 7.05 Å². The molecule has 9 heteroatoms. The first kappa shape index (κ1) is 28.4. The number of sulfonamides is 1. The lowest BCUT2D eigenvalue weighted by atomic mass is 9.51. The van der Waals surface area contributed by atoms with Crippen molar-refractivity contribution in [2.24, 2.45) is 5.92 Å². The molecule has 43 heavy (non-hydrogen) atoms. The first-order valence-electron chi connectivity index (χ1n) is 15.2. The van der Waals surface area contributed by atoms with Crippen LogP contribution in [0.2, 0.25) is 0 Å². The Hall–Kier alpha value is -3.40. The number of carbonyl (C=O) groups is 1. The minimum Gasteiger partial charge on any atom is -0.504 e. The quantitative estimate of drug-likeness (QED) is 0.301. The van der Waals surface area contributed by atoms with Gasteiger partial charge in [-0.05, 0) is 55.7 Å². The van der Waals surface area contributed by atoms with E-state index in [1.807, 2.05) is 36.4 Å². The Morgan fingerprint density at radius 1 is 1.09 bits per heavy atom. The van der Waals surface area contributed by atoms with Crippen molar-refractivity contribution in [3.05, 3.63) is 89.0 Å². The molecule has 0 radical (unpaired) electrons. The molecule has 2 bridgehead atoms. The van der Waals surface area contributed by atoms with Gasteiger partial charge in [0.05, 0.1) is 11.8 Å². The van der Waals surface area contributed by atoms with E-state index in [0.29, 0.717) is 24.3 Å². The minimum absolute atomic E-state index is 0.0592. The van der Waals surface area contributed by atoms with Crippen molar-refractivity contribution in [1.82, 2.24) is 9.21 Å². The van der Waals surface area contributed by atoms with E-state index in [-0.39, 0.29) is 23.5 Å². The summed E-state index contributed by atoms with van der Waals surface area (Å²) in [4.78, 5) is 14.7. The standard InChI is InChI=1S/C34H38N2O6S/c1-22(37)41-30-20-29(38)32-31-25(30)19-28-26-13-14-27(35(2)43(39,40)21-24-11-7-4-8-12-24)33(42-32)34(26,31)16-18-36(28)17-15-23-9-5-3-6-10-23/h3-12,20,26-28,33,38H,13-19,21H2,1-2H3/t26-,27-,28+,33-,34-/m0/s1. The van der Waals surface area contributed by atoms with Gasteiger partial charge in [0.2, 0.25) is 10.0 Å². The monoisotopic (exact) mass is 602 g/mol. The lowest BCUT2D eigenvalue weighted by Crippen LogP contribution is -2.69. The third-order valence-electron chi connectivity index (χ3n) is 10.4. The summed E-state index contributed by atoms with van der Waals surface area (Å²) >= 11 is 0. The molecular weight excluding hydrogens is 564 g/mol. The van der Waals surface area contributed by atoms with E-state index < -0.39 is 33.6 Å². The molecule has 2 aliphatic carbocycles. The molecule has 226 valence electrons. The van der Waals surface area contributed by atoms with Gasteiger partial charge in [0.15, 0.2) is 11.5 Å². The van der Waals surface area contributed by atoms with Crippen LogP contribution in [-0.2, 0) is 38.8 Å². The van der Waals surface area contributed by atoms with Crippen LogP contribution < -0.4 is 9.47 Å². The molecule has 1 saturated carbocycles. The lowest BCUT2D eigenvalue weighted by Gasteiger charge is -2.60. The first-order valence-corrected chi connectivity index (χ1v) is 16.8. The smallest absolute Gasteiger partial charge is 0.308 e. The minimum atomic E-state index is -3.65. The third kappa shape index (κ3) is 4.64. The van der Waals surface area contributed by atoms with Crippen LogP contribution in [0.3, 0.4) is 0 Å². The second kappa shape index (κ2) is 10.6. The Kier molecular flexibility index (Phi) is 7.02. The van der Waals surface area contributed by atoms with E-state index in [0.717, 1.165) is 49.0 Å². The van der Waals surface area contributed by atoms with Gasteiger partial charge in [-0.25, -0.2) is 8.42 Å². The highest BCUT2D eigenvalue weighted by Crippen LogP contribution is 2.65. The van der Waals surface area contributed by atoms with Gasteiger partial charge >= 0.3 is 5.97 Å². The van der Waals surface area contributed by atoms with E-state index in [2.05, 4.69) is 29.2 Å². The number of piperidine rings is 1. The highest BCUT2D eigenvalue weighted by Gasteiger charge is 2.67. The number of carbonyl (C=O) groups excluding carboxylic acids is 1. The SMILES string of the molecule is CC(=O)Oc1cc(O)c2c3c1C[C@@H]1[C@@H]4CC[C@H](N(C)S(=O)(=O)Cc5ccccc5)[C@H](O2)[C@]34CCN1CCc1ccccc1. The maximum absolute atomic E-state index is 13.8. The predicted octanol–water partition coefficient (Wildman–Crippen LogP) is 4.43. The number of likely N-dealkylation sites (tertiary alicyclic amines) is 1. The molecule has 0 aromatic heterocycles. The van der Waals surface area contributed by atoms with Gasteiger partial charge in [-0.15, -0.1) is 0 Å². The molecule has 2 fully saturated rings. The van der Waals surface area contributed by atoms with Crippen molar-refractivity contribution in [2.75, 3.05) is 20.1 Å². The van der Waals surface area contributed by atoms with Gasteiger partial charge in [-0.1, -0.05) is 60.7 Å². The maximum Gasteiger partial charge on any atom is 0.308 e. The fourth-order valence-corrected chi connectivity index (χ4v) is 10.0. The van der Waals surface area contributed by atoms with Gasteiger partial charge in [0, 0.05) is 49.2 Å². The van der Waals surface area contributed by atoms with Crippen molar-refractivity contribution in [3.8, 4) is 17.2 Å². The van der Waals surface area contributed by atoms with Crippen LogP contribution in [0.4, 0.5) is 0 Å². The average Bonchev–Trinajstić information content (AvgIpc) is 3.33. The van der Waals surface area contributed by atoms with Crippen molar-refractivity contribution >= 4 is 16.0 Å². The Balaban J connectivity index is 1.27. The predicted molar refractivity (Wildman–Crippen MR) is 163 cm³/mol. The van der Waals surface area contributed by atoms with Crippen LogP contribution in [-0.4, -0.2) is 67.0 Å². The molecule has 5 atom stereocenters. The number of esters is 1. The number of ether oxygens (including phenoxy) is 2. The summed E-state index contributed by atoms with van der Waals surface area (Å²) in [6, 6.07) is 21.0. The molecule has 0 amide bonds. The van der Waals surface area contributed by atoms with Crippen molar-refractivity contribution in [2.45, 2.75) is 68.4 Å². The summed E-state index contributed by atoms with van der Waals surface area (Å²) in [7, 11) is -1.98. The zero-order valence-corrected chi connectivity index (χ0v) is 25.4. The number of likely N-dealkylation sites (N-methyl/N-ethyl adjacent to an activating group) is 1. The van der Waals surface area contributed by atoms with Gasteiger partial charge in [0.25, 0.3) is 0 Å². The molecule has 3 aromatic rings. The first-order chi connectivity index (χ1) is 20.7. The summed E-state index contributed by atoms with van der Waals surface area (Å²) < 4.78 is 41.4. The molecule has 1 spiro atoms. The van der Waals surface area contributed by atoms with Gasteiger partial charge in [0.1, 0.15) is 11.9 Å². The molecule has 1 saturated heterocycles. The Labute approximate surface area is 253 Å². The number of hydrogen-bond donors (Lipinski definition) is 1. The summed E-state index contributed by atoms with van der Waals surface area (Å²) in [5.74, 6) is 0.455. The van der Waals surface area contributed by atoms with Crippen LogP contribution in [0.25, 0.3) is 0 Å². The molecule has 7 rings (SSSR count). The van der Waals surface area contributed by atoms with E-state index in [4.69, 9.17) is 9.47 Å². The van der Waals surface area contributed by atoms with E-state index in [1.165, 1.54) is 22.9 Å². The largest absolute Gasteiger partial charge is 0.504 e. The number of nitrogens with zero attached hydrogens (tertiary/aromatic N) is 2. The molecule has 8 nitrogen and oxygen atoms in total. The van der Waals surface area contributed by atoms with Crippen LogP contribution in [0.1, 0.15) is 48.4 Å².